The lowest BCUT2D eigenvalue weighted by atomic mass is 10.1. The van der Waals surface area contributed by atoms with Crippen molar-refractivity contribution in [2.75, 3.05) is 19.8 Å². The number of esters is 1. The maximum absolute atomic E-state index is 11.5. The average molecular weight is 322 g/mol. The molecular weight excluding hydrogens is 292 g/mol. The van der Waals surface area contributed by atoms with Gasteiger partial charge in [0.25, 0.3) is 0 Å². The van der Waals surface area contributed by atoms with E-state index >= 15 is 0 Å². The van der Waals surface area contributed by atoms with Gasteiger partial charge < -0.3 is 14.2 Å². The normalized spacial score (nSPS) is 11.4. The van der Waals surface area contributed by atoms with E-state index in [0.717, 1.165) is 19.3 Å². The maximum Gasteiger partial charge on any atom is 0.306 e. The number of rotatable bonds is 11. The van der Waals surface area contributed by atoms with Crippen LogP contribution < -0.4 is 0 Å². The molecule has 0 spiro atoms. The van der Waals surface area contributed by atoms with Crippen molar-refractivity contribution in [2.24, 2.45) is 0 Å². The highest BCUT2D eigenvalue weighted by Gasteiger charge is 2.15. The molecule has 0 aliphatic rings. The molecule has 0 amide bonds. The van der Waals surface area contributed by atoms with Crippen LogP contribution in [-0.2, 0) is 25.6 Å². The lowest BCUT2D eigenvalue weighted by Gasteiger charge is -2.19. The lowest BCUT2D eigenvalue weighted by molar-refractivity contribution is -0.154. The minimum absolute atomic E-state index is 0.118. The summed E-state index contributed by atoms with van der Waals surface area (Å²) in [6.07, 6.45) is 3.27. The summed E-state index contributed by atoms with van der Waals surface area (Å²) in [5.74, 6) is -0.118. The van der Waals surface area contributed by atoms with Crippen LogP contribution in [0.3, 0.4) is 0 Å². The van der Waals surface area contributed by atoms with Gasteiger partial charge in [0.15, 0.2) is 0 Å². The Bertz CT molecular complexity index is 423. The SMILES string of the molecule is CC(C)(C)OC(=O)CCCCCOCCOCc1ccccc1. The summed E-state index contributed by atoms with van der Waals surface area (Å²) in [4.78, 5) is 11.5. The van der Waals surface area contributed by atoms with Crippen LogP contribution in [-0.4, -0.2) is 31.4 Å². The van der Waals surface area contributed by atoms with Gasteiger partial charge in [-0.1, -0.05) is 36.8 Å². The van der Waals surface area contributed by atoms with E-state index in [0.29, 0.717) is 32.8 Å². The predicted octanol–water partition coefficient (Wildman–Crippen LogP) is 4.12. The summed E-state index contributed by atoms with van der Waals surface area (Å²) in [7, 11) is 0. The van der Waals surface area contributed by atoms with Gasteiger partial charge in [0.2, 0.25) is 0 Å². The van der Waals surface area contributed by atoms with Crippen LogP contribution in [0.2, 0.25) is 0 Å². The average Bonchev–Trinajstić information content (AvgIpc) is 2.48. The topological polar surface area (TPSA) is 44.8 Å². The highest BCUT2D eigenvalue weighted by molar-refractivity contribution is 5.69. The summed E-state index contributed by atoms with van der Waals surface area (Å²) >= 11 is 0. The fourth-order valence-corrected chi connectivity index (χ4v) is 2.03. The first kappa shape index (κ1) is 19.7. The predicted molar refractivity (Wildman–Crippen MR) is 91.2 cm³/mol. The molecule has 0 atom stereocenters. The summed E-state index contributed by atoms with van der Waals surface area (Å²) < 4.78 is 16.3. The van der Waals surface area contributed by atoms with Gasteiger partial charge >= 0.3 is 5.97 Å². The number of carbonyl (C=O) groups excluding carboxylic acids is 1. The Labute approximate surface area is 140 Å². The molecule has 0 aromatic heterocycles. The molecule has 0 aliphatic carbocycles. The molecular formula is C19H30O4. The molecule has 4 nitrogen and oxygen atoms in total. The molecule has 0 bridgehead atoms. The molecule has 0 saturated carbocycles. The maximum atomic E-state index is 11.5. The van der Waals surface area contributed by atoms with Crippen LogP contribution in [0.4, 0.5) is 0 Å². The minimum Gasteiger partial charge on any atom is -0.460 e. The number of ether oxygens (including phenoxy) is 3. The molecule has 0 aliphatic heterocycles. The van der Waals surface area contributed by atoms with Gasteiger partial charge in [-0.2, -0.15) is 0 Å². The fraction of sp³-hybridized carbons (Fsp3) is 0.632. The zero-order valence-corrected chi connectivity index (χ0v) is 14.7. The van der Waals surface area contributed by atoms with Crippen LogP contribution in [0, 0.1) is 0 Å². The standard InChI is InChI=1S/C19H30O4/c1-19(2,3)23-18(20)12-8-5-9-13-21-14-15-22-16-17-10-6-4-7-11-17/h4,6-7,10-11H,5,8-9,12-16H2,1-3H3. The Morgan fingerprint density at radius 2 is 1.61 bits per heavy atom. The lowest BCUT2D eigenvalue weighted by Crippen LogP contribution is -2.23. The fourth-order valence-electron chi connectivity index (χ4n) is 2.03. The van der Waals surface area contributed by atoms with Crippen LogP contribution in [0.25, 0.3) is 0 Å². The quantitative estimate of drug-likeness (QED) is 0.454. The second-order valence-corrected chi connectivity index (χ2v) is 6.55. The number of hydrogen-bond donors (Lipinski definition) is 0. The van der Waals surface area contributed by atoms with E-state index in [-0.39, 0.29) is 11.6 Å². The molecule has 130 valence electrons. The smallest absolute Gasteiger partial charge is 0.306 e. The first-order valence-corrected chi connectivity index (χ1v) is 8.38. The van der Waals surface area contributed by atoms with E-state index in [2.05, 4.69) is 0 Å². The van der Waals surface area contributed by atoms with Crippen molar-refractivity contribution in [1.29, 1.82) is 0 Å². The zero-order valence-electron chi connectivity index (χ0n) is 14.7. The number of unbranched alkanes of at least 4 members (excludes halogenated alkanes) is 2. The van der Waals surface area contributed by atoms with Gasteiger partial charge in [0, 0.05) is 13.0 Å². The van der Waals surface area contributed by atoms with Crippen molar-refractivity contribution in [3.63, 3.8) is 0 Å². The number of benzene rings is 1. The van der Waals surface area contributed by atoms with E-state index < -0.39 is 0 Å². The van der Waals surface area contributed by atoms with Gasteiger partial charge in [-0.05, 0) is 39.2 Å². The second kappa shape index (κ2) is 11.2. The first-order chi connectivity index (χ1) is 11.0. The Morgan fingerprint density at radius 3 is 2.30 bits per heavy atom. The van der Waals surface area contributed by atoms with Crippen LogP contribution >= 0.6 is 0 Å². The van der Waals surface area contributed by atoms with Gasteiger partial charge in [-0.25, -0.2) is 0 Å². The van der Waals surface area contributed by atoms with Crippen molar-refractivity contribution < 1.29 is 19.0 Å². The largest absolute Gasteiger partial charge is 0.460 e. The van der Waals surface area contributed by atoms with Crippen LogP contribution in [0.5, 0.6) is 0 Å². The van der Waals surface area contributed by atoms with Gasteiger partial charge in [0.05, 0.1) is 19.8 Å². The second-order valence-electron chi connectivity index (χ2n) is 6.55. The third-order valence-corrected chi connectivity index (χ3v) is 3.07. The van der Waals surface area contributed by atoms with Crippen molar-refractivity contribution in [3.8, 4) is 0 Å². The molecule has 0 heterocycles. The number of hydrogen-bond acceptors (Lipinski definition) is 4. The molecule has 4 heteroatoms. The molecule has 0 N–H and O–H groups in total. The Balaban J connectivity index is 1.86. The molecule has 0 saturated heterocycles. The van der Waals surface area contributed by atoms with Crippen molar-refractivity contribution >= 4 is 5.97 Å². The van der Waals surface area contributed by atoms with Gasteiger partial charge in [-0.15, -0.1) is 0 Å². The summed E-state index contributed by atoms with van der Waals surface area (Å²) in [5.41, 5.74) is 0.787. The van der Waals surface area contributed by atoms with Crippen molar-refractivity contribution in [1.82, 2.24) is 0 Å². The molecule has 0 fully saturated rings. The van der Waals surface area contributed by atoms with E-state index in [1.807, 2.05) is 51.1 Å². The summed E-state index contributed by atoms with van der Waals surface area (Å²) in [5, 5.41) is 0. The van der Waals surface area contributed by atoms with E-state index in [4.69, 9.17) is 14.2 Å². The van der Waals surface area contributed by atoms with Crippen molar-refractivity contribution in [3.05, 3.63) is 35.9 Å². The van der Waals surface area contributed by atoms with E-state index in [1.165, 1.54) is 5.56 Å². The Kier molecular flexibility index (Phi) is 9.57. The molecule has 1 aromatic carbocycles. The highest BCUT2D eigenvalue weighted by Crippen LogP contribution is 2.10. The van der Waals surface area contributed by atoms with Crippen LogP contribution in [0.15, 0.2) is 30.3 Å². The molecule has 23 heavy (non-hydrogen) atoms. The van der Waals surface area contributed by atoms with Gasteiger partial charge in [-0.3, -0.25) is 4.79 Å². The Hall–Kier alpha value is -1.39. The third-order valence-electron chi connectivity index (χ3n) is 3.07. The van der Waals surface area contributed by atoms with Crippen LogP contribution in [0.1, 0.15) is 52.0 Å². The van der Waals surface area contributed by atoms with E-state index in [9.17, 15) is 4.79 Å². The Morgan fingerprint density at radius 1 is 0.913 bits per heavy atom. The highest BCUT2D eigenvalue weighted by atomic mass is 16.6. The van der Waals surface area contributed by atoms with E-state index in [1.54, 1.807) is 0 Å². The number of carbonyl (C=O) groups is 1. The summed E-state index contributed by atoms with van der Waals surface area (Å²) in [6.45, 7) is 8.21. The van der Waals surface area contributed by atoms with Crippen molar-refractivity contribution in [2.45, 2.75) is 58.7 Å². The zero-order chi connectivity index (χ0) is 17.0. The third kappa shape index (κ3) is 11.8. The molecule has 0 unspecified atom stereocenters. The summed E-state index contributed by atoms with van der Waals surface area (Å²) in [6, 6.07) is 10.1. The molecule has 0 radical (unpaired) electrons. The van der Waals surface area contributed by atoms with Gasteiger partial charge in [0.1, 0.15) is 5.60 Å². The molecule has 1 aromatic rings. The molecule has 1 rings (SSSR count). The first-order valence-electron chi connectivity index (χ1n) is 8.38. The monoisotopic (exact) mass is 322 g/mol. The minimum atomic E-state index is -0.389.